The molecule has 2 aromatic rings. The van der Waals surface area contributed by atoms with E-state index < -0.39 is 0 Å². The lowest BCUT2D eigenvalue weighted by atomic mass is 10.0. The Hall–Kier alpha value is -2.93. The Morgan fingerprint density at radius 1 is 1.14 bits per heavy atom. The molecule has 2 fully saturated rings. The molecule has 7 nitrogen and oxygen atoms in total. The summed E-state index contributed by atoms with van der Waals surface area (Å²) in [5.74, 6) is 0.638. The van der Waals surface area contributed by atoms with Crippen molar-refractivity contribution in [2.75, 3.05) is 31.1 Å². The van der Waals surface area contributed by atoms with Crippen LogP contribution in [-0.4, -0.2) is 56.8 Å². The Morgan fingerprint density at radius 2 is 1.81 bits per heavy atom. The van der Waals surface area contributed by atoms with Crippen molar-refractivity contribution >= 4 is 46.1 Å². The number of hydrogen-bond acceptors (Lipinski definition) is 7. The summed E-state index contributed by atoms with van der Waals surface area (Å²) >= 11 is 6.74. The Kier molecular flexibility index (Phi) is 7.98. The zero-order valence-corrected chi connectivity index (χ0v) is 22.8. The van der Waals surface area contributed by atoms with Gasteiger partial charge in [0.2, 0.25) is 0 Å². The van der Waals surface area contributed by atoms with Crippen molar-refractivity contribution in [3.63, 3.8) is 0 Å². The predicted molar refractivity (Wildman–Crippen MR) is 150 cm³/mol. The van der Waals surface area contributed by atoms with E-state index in [9.17, 15) is 14.9 Å². The molecule has 0 aliphatic carbocycles. The van der Waals surface area contributed by atoms with Crippen molar-refractivity contribution in [1.29, 1.82) is 5.26 Å². The molecule has 0 unspecified atom stereocenters. The van der Waals surface area contributed by atoms with Crippen LogP contribution < -0.4 is 10.5 Å². The maximum absolute atomic E-state index is 13.2. The first kappa shape index (κ1) is 26.1. The Morgan fingerprint density at radius 3 is 2.36 bits per heavy atom. The van der Waals surface area contributed by atoms with Crippen LogP contribution in [0, 0.1) is 18.3 Å². The predicted octanol–water partition coefficient (Wildman–Crippen LogP) is 3.98. The minimum Gasteiger partial charge on any atom is -0.355 e. The third-order valence-corrected chi connectivity index (χ3v) is 8.03. The average molecular weight is 522 g/mol. The number of aromatic nitrogens is 1. The van der Waals surface area contributed by atoms with Gasteiger partial charge in [0, 0.05) is 50.9 Å². The lowest BCUT2D eigenvalue weighted by molar-refractivity contribution is -0.123. The standard InChI is InChI=1S/C27H31N5O2S2/c1-5-31-24(30-13-11-29(12-14-30)17-20-9-7-6-8-10-20)21(19(4)22(16-28)25(31)33)15-23-26(34)32(18(2)3)27(35)36-23/h6-10,15,18H,5,11-14,17H2,1-4H3/b23-15+. The first-order chi connectivity index (χ1) is 17.3. The van der Waals surface area contributed by atoms with Crippen LogP contribution >= 0.6 is 24.0 Å². The van der Waals surface area contributed by atoms with Crippen LogP contribution in [-0.2, 0) is 17.9 Å². The molecule has 0 saturated carbocycles. The second-order valence-electron chi connectivity index (χ2n) is 9.29. The number of thiocarbonyl (C=S) groups is 1. The number of rotatable bonds is 6. The van der Waals surface area contributed by atoms with Gasteiger partial charge in [-0.15, -0.1) is 0 Å². The van der Waals surface area contributed by atoms with Crippen molar-refractivity contribution in [1.82, 2.24) is 14.4 Å². The molecule has 1 aromatic carbocycles. The number of benzene rings is 1. The van der Waals surface area contributed by atoms with Gasteiger partial charge in [0.1, 0.15) is 21.8 Å². The normalized spacial score (nSPS) is 17.9. The fraction of sp³-hybridized carbons (Fsp3) is 0.407. The molecule has 3 heterocycles. The van der Waals surface area contributed by atoms with Crippen LogP contribution in [0.25, 0.3) is 6.08 Å². The largest absolute Gasteiger partial charge is 0.355 e. The van der Waals surface area contributed by atoms with Crippen molar-refractivity contribution in [3.05, 3.63) is 67.8 Å². The van der Waals surface area contributed by atoms with E-state index in [1.54, 1.807) is 16.4 Å². The first-order valence-electron chi connectivity index (χ1n) is 12.2. The average Bonchev–Trinajstić information content (AvgIpc) is 3.14. The Bertz CT molecular complexity index is 1300. The second-order valence-corrected chi connectivity index (χ2v) is 11.0. The summed E-state index contributed by atoms with van der Waals surface area (Å²) in [4.78, 5) is 33.2. The number of pyridine rings is 1. The summed E-state index contributed by atoms with van der Waals surface area (Å²) < 4.78 is 2.20. The fourth-order valence-electron chi connectivity index (χ4n) is 4.79. The number of carbonyl (C=O) groups is 1. The quantitative estimate of drug-likeness (QED) is 0.421. The topological polar surface area (TPSA) is 72.6 Å². The van der Waals surface area contributed by atoms with E-state index in [1.165, 1.54) is 17.3 Å². The van der Waals surface area contributed by atoms with Crippen molar-refractivity contribution < 1.29 is 4.79 Å². The molecule has 0 bridgehead atoms. The molecule has 9 heteroatoms. The smallest absolute Gasteiger partial charge is 0.270 e. The van der Waals surface area contributed by atoms with Gasteiger partial charge in [-0.25, -0.2) is 0 Å². The molecule has 4 rings (SSSR count). The molecule has 36 heavy (non-hydrogen) atoms. The summed E-state index contributed by atoms with van der Waals surface area (Å²) in [6.45, 7) is 12.1. The van der Waals surface area contributed by atoms with Gasteiger partial charge in [-0.2, -0.15) is 5.26 Å². The summed E-state index contributed by atoms with van der Waals surface area (Å²) in [5.41, 5.74) is 2.45. The highest BCUT2D eigenvalue weighted by atomic mass is 32.2. The van der Waals surface area contributed by atoms with Crippen LogP contribution in [0.15, 0.2) is 40.0 Å². The van der Waals surface area contributed by atoms with Crippen molar-refractivity contribution in [2.45, 2.75) is 46.8 Å². The van der Waals surface area contributed by atoms with E-state index in [0.29, 0.717) is 21.3 Å². The molecule has 0 radical (unpaired) electrons. The molecule has 1 amide bonds. The number of thioether (sulfide) groups is 1. The maximum Gasteiger partial charge on any atom is 0.270 e. The third-order valence-electron chi connectivity index (χ3n) is 6.70. The van der Waals surface area contributed by atoms with Gasteiger partial charge in [-0.05, 0) is 44.9 Å². The van der Waals surface area contributed by atoms with Gasteiger partial charge < -0.3 is 4.90 Å². The van der Waals surface area contributed by atoms with E-state index >= 15 is 0 Å². The van der Waals surface area contributed by atoms with Crippen LogP contribution in [0.5, 0.6) is 0 Å². The number of anilines is 1. The number of nitriles is 1. The zero-order chi connectivity index (χ0) is 26.0. The number of amides is 1. The van der Waals surface area contributed by atoms with Crippen LogP contribution in [0.4, 0.5) is 5.82 Å². The molecule has 188 valence electrons. The minimum absolute atomic E-state index is 0.0408. The molecular formula is C27H31N5O2S2. The van der Waals surface area contributed by atoms with Crippen molar-refractivity contribution in [3.8, 4) is 6.07 Å². The lowest BCUT2D eigenvalue weighted by Crippen LogP contribution is -2.48. The van der Waals surface area contributed by atoms with E-state index in [2.05, 4.69) is 40.1 Å². The number of hydrogen-bond donors (Lipinski definition) is 0. The number of carbonyl (C=O) groups excluding carboxylic acids is 1. The van der Waals surface area contributed by atoms with Gasteiger partial charge in [-0.1, -0.05) is 54.3 Å². The molecule has 2 aliphatic heterocycles. The van der Waals surface area contributed by atoms with Crippen molar-refractivity contribution in [2.24, 2.45) is 0 Å². The van der Waals surface area contributed by atoms with Gasteiger partial charge in [0.05, 0.1) is 4.91 Å². The maximum atomic E-state index is 13.2. The third kappa shape index (κ3) is 4.99. The summed E-state index contributed by atoms with van der Waals surface area (Å²) in [6.07, 6.45) is 1.83. The van der Waals surface area contributed by atoms with Crippen LogP contribution in [0.1, 0.15) is 43.0 Å². The van der Waals surface area contributed by atoms with Crippen LogP contribution in [0.2, 0.25) is 0 Å². The molecule has 1 aromatic heterocycles. The molecule has 2 aliphatic rings. The van der Waals surface area contributed by atoms with Gasteiger partial charge in [0.25, 0.3) is 11.5 Å². The Labute approximate surface area is 222 Å². The van der Waals surface area contributed by atoms with E-state index in [-0.39, 0.29) is 23.1 Å². The van der Waals surface area contributed by atoms with E-state index in [0.717, 1.165) is 44.1 Å². The second kappa shape index (κ2) is 11.0. The van der Waals surface area contributed by atoms with Gasteiger partial charge in [-0.3, -0.25) is 24.0 Å². The number of piperazine rings is 1. The molecular weight excluding hydrogens is 490 g/mol. The Balaban J connectivity index is 1.73. The lowest BCUT2D eigenvalue weighted by Gasteiger charge is -2.38. The monoisotopic (exact) mass is 521 g/mol. The molecule has 0 N–H and O–H groups in total. The van der Waals surface area contributed by atoms with Gasteiger partial charge in [0.15, 0.2) is 0 Å². The van der Waals surface area contributed by atoms with Crippen LogP contribution in [0.3, 0.4) is 0 Å². The number of nitrogens with zero attached hydrogens (tertiary/aromatic N) is 5. The highest BCUT2D eigenvalue weighted by molar-refractivity contribution is 8.26. The summed E-state index contributed by atoms with van der Waals surface area (Å²) in [7, 11) is 0. The van der Waals surface area contributed by atoms with E-state index in [1.807, 2.05) is 32.9 Å². The SMILES string of the molecule is CCn1c(N2CCN(Cc3ccccc3)CC2)c(/C=C2/SC(=S)N(C(C)C)C2=O)c(C)c(C#N)c1=O. The molecule has 0 spiro atoms. The minimum atomic E-state index is -0.286. The van der Waals surface area contributed by atoms with E-state index in [4.69, 9.17) is 12.2 Å². The highest BCUT2D eigenvalue weighted by Crippen LogP contribution is 2.37. The summed E-state index contributed by atoms with van der Waals surface area (Å²) in [5, 5.41) is 9.78. The summed E-state index contributed by atoms with van der Waals surface area (Å²) in [6, 6.07) is 12.5. The zero-order valence-electron chi connectivity index (χ0n) is 21.2. The fourth-order valence-corrected chi connectivity index (χ4v) is 6.30. The molecule has 2 saturated heterocycles. The first-order valence-corrected chi connectivity index (χ1v) is 13.4. The van der Waals surface area contributed by atoms with Gasteiger partial charge >= 0.3 is 0 Å². The molecule has 0 atom stereocenters. The highest BCUT2D eigenvalue weighted by Gasteiger charge is 2.35.